The summed E-state index contributed by atoms with van der Waals surface area (Å²) < 4.78 is 5.31. The van der Waals surface area contributed by atoms with Crippen LogP contribution in [0.25, 0.3) is 0 Å². The number of carbonyl (C=O) groups excluding carboxylic acids is 1. The van der Waals surface area contributed by atoms with Gasteiger partial charge in [-0.15, -0.1) is 11.6 Å². The summed E-state index contributed by atoms with van der Waals surface area (Å²) in [5.74, 6) is 1.09. The number of nitrogens with zero attached hydrogens (tertiary/aromatic N) is 1. The highest BCUT2D eigenvalue weighted by molar-refractivity contribution is 6.18. The van der Waals surface area contributed by atoms with E-state index in [0.717, 1.165) is 11.3 Å². The van der Waals surface area contributed by atoms with E-state index in [0.29, 0.717) is 11.6 Å². The fraction of sp³-hybridized carbons (Fsp3) is 0.417. The smallest absolute Gasteiger partial charge is 0.262 e. The highest BCUT2D eigenvalue weighted by atomic mass is 35.5. The van der Waals surface area contributed by atoms with Crippen molar-refractivity contribution in [3.8, 4) is 5.75 Å². The Hall–Kier alpha value is -1.26. The van der Waals surface area contributed by atoms with Crippen LogP contribution in [0.5, 0.6) is 5.75 Å². The second-order valence-corrected chi connectivity index (χ2v) is 4.53. The first-order valence-corrected chi connectivity index (χ1v) is 5.94. The summed E-state index contributed by atoms with van der Waals surface area (Å²) in [6.45, 7) is 0.0823. The zero-order valence-corrected chi connectivity index (χ0v) is 10.6. The number of halogens is 1. The van der Waals surface area contributed by atoms with Crippen molar-refractivity contribution < 1.29 is 9.53 Å². The Morgan fingerprint density at radius 1 is 1.53 bits per heavy atom. The van der Waals surface area contributed by atoms with Gasteiger partial charge in [0.15, 0.2) is 6.61 Å². The molecule has 1 unspecified atom stereocenters. The molecule has 1 heterocycles. The third-order valence-corrected chi connectivity index (χ3v) is 3.08. The number of anilines is 1. The minimum Gasteiger partial charge on any atom is -0.482 e. The number of rotatable bonds is 3. The van der Waals surface area contributed by atoms with Crippen LogP contribution in [-0.2, 0) is 4.79 Å². The molecule has 92 valence electrons. The van der Waals surface area contributed by atoms with Crippen molar-refractivity contribution in [3.05, 3.63) is 23.8 Å². The molecule has 1 aliphatic rings. The molecule has 1 aromatic carbocycles. The predicted molar refractivity (Wildman–Crippen MR) is 67.7 cm³/mol. The number of hydrogen-bond donors (Lipinski definition) is 1. The Labute approximate surface area is 106 Å². The Kier molecular flexibility index (Phi) is 3.54. The van der Waals surface area contributed by atoms with Crippen LogP contribution in [-0.4, -0.2) is 37.4 Å². The van der Waals surface area contributed by atoms with Gasteiger partial charge >= 0.3 is 0 Å². The SMILES string of the molecule is CN(C)C(CCl)c1ccc2c(c1)NC(=O)CO2. The van der Waals surface area contributed by atoms with E-state index in [1.165, 1.54) is 0 Å². The number of alkyl halides is 1. The maximum absolute atomic E-state index is 11.2. The van der Waals surface area contributed by atoms with Crippen LogP contribution >= 0.6 is 11.6 Å². The van der Waals surface area contributed by atoms with Crippen LogP contribution in [0, 0.1) is 0 Å². The number of amides is 1. The van der Waals surface area contributed by atoms with Crippen molar-refractivity contribution in [1.29, 1.82) is 0 Å². The summed E-state index contributed by atoms with van der Waals surface area (Å²) in [6.07, 6.45) is 0. The highest BCUT2D eigenvalue weighted by Crippen LogP contribution is 2.32. The number of hydrogen-bond acceptors (Lipinski definition) is 3. The largest absolute Gasteiger partial charge is 0.482 e. The first-order valence-electron chi connectivity index (χ1n) is 5.41. The normalized spacial score (nSPS) is 16.1. The van der Waals surface area contributed by atoms with Gasteiger partial charge in [0, 0.05) is 11.9 Å². The molecule has 0 aromatic heterocycles. The van der Waals surface area contributed by atoms with E-state index in [-0.39, 0.29) is 18.6 Å². The molecule has 0 radical (unpaired) electrons. The lowest BCUT2D eigenvalue weighted by Gasteiger charge is -2.25. The van der Waals surface area contributed by atoms with Crippen LogP contribution in [0.4, 0.5) is 5.69 Å². The number of nitrogens with one attached hydrogen (secondary N) is 1. The summed E-state index contributed by atoms with van der Waals surface area (Å²) in [4.78, 5) is 13.3. The van der Waals surface area contributed by atoms with Crippen molar-refractivity contribution in [3.63, 3.8) is 0 Å². The van der Waals surface area contributed by atoms with Gasteiger partial charge in [0.25, 0.3) is 5.91 Å². The monoisotopic (exact) mass is 254 g/mol. The molecular weight excluding hydrogens is 240 g/mol. The molecule has 0 saturated heterocycles. The second kappa shape index (κ2) is 4.94. The molecular formula is C12H15ClN2O2. The molecule has 4 nitrogen and oxygen atoms in total. The predicted octanol–water partition coefficient (Wildman–Crippen LogP) is 1.86. The van der Waals surface area contributed by atoms with Gasteiger partial charge in [0.1, 0.15) is 5.75 Å². The molecule has 0 fully saturated rings. The molecule has 0 spiro atoms. The van der Waals surface area contributed by atoms with Crippen molar-refractivity contribution >= 4 is 23.2 Å². The van der Waals surface area contributed by atoms with Gasteiger partial charge in [-0.2, -0.15) is 0 Å². The average Bonchev–Trinajstić information content (AvgIpc) is 2.29. The Balaban J connectivity index is 2.32. The Morgan fingerprint density at radius 3 is 2.94 bits per heavy atom. The minimum atomic E-state index is -0.123. The topological polar surface area (TPSA) is 41.6 Å². The fourth-order valence-corrected chi connectivity index (χ4v) is 2.29. The van der Waals surface area contributed by atoms with Gasteiger partial charge in [-0.05, 0) is 31.8 Å². The van der Waals surface area contributed by atoms with Gasteiger partial charge in [0.2, 0.25) is 0 Å². The third-order valence-electron chi connectivity index (χ3n) is 2.79. The molecule has 17 heavy (non-hydrogen) atoms. The molecule has 2 rings (SSSR count). The zero-order chi connectivity index (χ0) is 12.4. The fourth-order valence-electron chi connectivity index (χ4n) is 1.83. The van der Waals surface area contributed by atoms with E-state index in [1.807, 2.05) is 37.2 Å². The van der Waals surface area contributed by atoms with E-state index in [1.54, 1.807) is 0 Å². The van der Waals surface area contributed by atoms with E-state index < -0.39 is 0 Å². The van der Waals surface area contributed by atoms with Gasteiger partial charge in [0.05, 0.1) is 5.69 Å². The molecule has 0 aliphatic carbocycles. The van der Waals surface area contributed by atoms with E-state index >= 15 is 0 Å². The number of benzene rings is 1. The van der Waals surface area contributed by atoms with Crippen LogP contribution in [0.3, 0.4) is 0 Å². The molecule has 5 heteroatoms. The summed E-state index contributed by atoms with van der Waals surface area (Å²) >= 11 is 5.95. The van der Waals surface area contributed by atoms with Crippen molar-refractivity contribution in [2.75, 3.05) is 31.9 Å². The molecule has 1 aliphatic heterocycles. The summed E-state index contributed by atoms with van der Waals surface area (Å²) in [7, 11) is 3.95. The maximum atomic E-state index is 11.2. The summed E-state index contributed by atoms with van der Waals surface area (Å²) in [6, 6.07) is 5.89. The number of ether oxygens (including phenoxy) is 1. The van der Waals surface area contributed by atoms with Crippen LogP contribution < -0.4 is 10.1 Å². The van der Waals surface area contributed by atoms with E-state index in [2.05, 4.69) is 5.32 Å². The first-order chi connectivity index (χ1) is 8.11. The number of carbonyl (C=O) groups is 1. The van der Waals surface area contributed by atoms with Gasteiger partial charge in [-0.1, -0.05) is 6.07 Å². The van der Waals surface area contributed by atoms with E-state index in [9.17, 15) is 4.79 Å². The maximum Gasteiger partial charge on any atom is 0.262 e. The lowest BCUT2D eigenvalue weighted by molar-refractivity contribution is -0.118. The molecule has 1 aromatic rings. The quantitative estimate of drug-likeness (QED) is 0.838. The summed E-state index contributed by atoms with van der Waals surface area (Å²) in [5.41, 5.74) is 1.78. The highest BCUT2D eigenvalue weighted by Gasteiger charge is 2.19. The molecule has 1 atom stereocenters. The first kappa shape index (κ1) is 12.2. The van der Waals surface area contributed by atoms with Crippen molar-refractivity contribution in [2.24, 2.45) is 0 Å². The second-order valence-electron chi connectivity index (χ2n) is 4.23. The van der Waals surface area contributed by atoms with Crippen LogP contribution in [0.1, 0.15) is 11.6 Å². The molecule has 1 amide bonds. The molecule has 0 bridgehead atoms. The standard InChI is InChI=1S/C12H15ClN2O2/c1-15(2)10(6-13)8-3-4-11-9(5-8)14-12(16)7-17-11/h3-5,10H,6-7H2,1-2H3,(H,14,16). The zero-order valence-electron chi connectivity index (χ0n) is 9.87. The van der Waals surface area contributed by atoms with Gasteiger partial charge in [-0.25, -0.2) is 0 Å². The molecule has 0 saturated carbocycles. The van der Waals surface area contributed by atoms with Crippen LogP contribution in [0.15, 0.2) is 18.2 Å². The lowest BCUT2D eigenvalue weighted by Crippen LogP contribution is -2.26. The Morgan fingerprint density at radius 2 is 2.29 bits per heavy atom. The van der Waals surface area contributed by atoms with Gasteiger partial charge < -0.3 is 15.0 Å². The minimum absolute atomic E-state index is 0.0823. The van der Waals surface area contributed by atoms with Crippen LogP contribution in [0.2, 0.25) is 0 Å². The third kappa shape index (κ3) is 2.53. The van der Waals surface area contributed by atoms with E-state index in [4.69, 9.17) is 16.3 Å². The van der Waals surface area contributed by atoms with Gasteiger partial charge in [-0.3, -0.25) is 4.79 Å². The average molecular weight is 255 g/mol. The Bertz CT molecular complexity index is 435. The lowest BCUT2D eigenvalue weighted by atomic mass is 10.1. The summed E-state index contributed by atoms with van der Waals surface area (Å²) in [5, 5.41) is 2.79. The number of fused-ring (bicyclic) bond motifs is 1. The van der Waals surface area contributed by atoms with Crippen molar-refractivity contribution in [1.82, 2.24) is 4.90 Å². The molecule has 1 N–H and O–H groups in total. The van der Waals surface area contributed by atoms with Crippen molar-refractivity contribution in [2.45, 2.75) is 6.04 Å².